The molecule has 0 saturated carbocycles. The zero-order valence-electron chi connectivity index (χ0n) is 8.04. The van der Waals surface area contributed by atoms with Crippen LogP contribution < -0.4 is 11.1 Å². The first kappa shape index (κ1) is 9.74. The lowest BCUT2D eigenvalue weighted by molar-refractivity contribution is 0.922. The van der Waals surface area contributed by atoms with Crippen molar-refractivity contribution in [2.75, 3.05) is 19.3 Å². The number of hydrogen-bond donors (Lipinski definition) is 2. The van der Waals surface area contributed by atoms with Crippen LogP contribution in [0.2, 0.25) is 0 Å². The van der Waals surface area contributed by atoms with Crippen molar-refractivity contribution in [3.63, 3.8) is 0 Å². The fraction of sp³-hybridized carbons (Fsp3) is 0.300. The molecule has 1 aromatic heterocycles. The summed E-state index contributed by atoms with van der Waals surface area (Å²) in [6.07, 6.45) is 5.73. The van der Waals surface area contributed by atoms with Gasteiger partial charge in [-0.3, -0.25) is 4.98 Å². The molecule has 1 aromatic rings. The summed E-state index contributed by atoms with van der Waals surface area (Å²) in [6.45, 7) is 2.81. The Hall–Kier alpha value is -1.35. The number of nitrogen functional groups attached to an aromatic ring is 1. The van der Waals surface area contributed by atoms with Crippen molar-refractivity contribution in [2.24, 2.45) is 0 Å². The van der Waals surface area contributed by atoms with Gasteiger partial charge in [0, 0.05) is 12.7 Å². The van der Waals surface area contributed by atoms with Crippen LogP contribution in [-0.4, -0.2) is 18.6 Å². The smallest absolute Gasteiger partial charge is 0.0856 e. The number of aryl methyl sites for hydroxylation is 1. The van der Waals surface area contributed by atoms with E-state index in [1.165, 1.54) is 0 Å². The van der Waals surface area contributed by atoms with E-state index in [0.29, 0.717) is 0 Å². The van der Waals surface area contributed by atoms with Crippen LogP contribution in [0.4, 0.5) is 5.69 Å². The zero-order valence-corrected chi connectivity index (χ0v) is 8.04. The second kappa shape index (κ2) is 4.62. The Bertz CT molecular complexity index is 305. The van der Waals surface area contributed by atoms with E-state index < -0.39 is 0 Å². The van der Waals surface area contributed by atoms with E-state index in [-0.39, 0.29) is 0 Å². The molecule has 0 atom stereocenters. The van der Waals surface area contributed by atoms with Gasteiger partial charge in [0.1, 0.15) is 0 Å². The Labute approximate surface area is 78.7 Å². The SMILES string of the molecule is CNCC=Cc1ncc(C)cc1N. The lowest BCUT2D eigenvalue weighted by atomic mass is 10.2. The van der Waals surface area contributed by atoms with Gasteiger partial charge >= 0.3 is 0 Å². The molecule has 3 N–H and O–H groups in total. The topological polar surface area (TPSA) is 50.9 Å². The highest BCUT2D eigenvalue weighted by atomic mass is 14.8. The van der Waals surface area contributed by atoms with Crippen LogP contribution in [0.3, 0.4) is 0 Å². The highest BCUT2D eigenvalue weighted by Crippen LogP contribution is 2.11. The summed E-state index contributed by atoms with van der Waals surface area (Å²) >= 11 is 0. The number of anilines is 1. The number of pyridine rings is 1. The van der Waals surface area contributed by atoms with Crippen molar-refractivity contribution in [3.8, 4) is 0 Å². The van der Waals surface area contributed by atoms with Crippen molar-refractivity contribution in [1.29, 1.82) is 0 Å². The normalized spacial score (nSPS) is 10.9. The molecule has 13 heavy (non-hydrogen) atoms. The van der Waals surface area contributed by atoms with Gasteiger partial charge < -0.3 is 11.1 Å². The van der Waals surface area contributed by atoms with Gasteiger partial charge in [-0.1, -0.05) is 6.08 Å². The summed E-state index contributed by atoms with van der Waals surface area (Å²) in [5.41, 5.74) is 8.42. The molecule has 0 bridgehead atoms. The first-order valence-corrected chi connectivity index (χ1v) is 4.27. The molecule has 0 fully saturated rings. The molecular formula is C10H15N3. The van der Waals surface area contributed by atoms with Gasteiger partial charge in [0.25, 0.3) is 0 Å². The largest absolute Gasteiger partial charge is 0.397 e. The van der Waals surface area contributed by atoms with Crippen molar-refractivity contribution < 1.29 is 0 Å². The molecule has 3 nitrogen and oxygen atoms in total. The molecule has 0 saturated heterocycles. The molecule has 3 heteroatoms. The van der Waals surface area contributed by atoms with Crippen LogP contribution >= 0.6 is 0 Å². The first-order chi connectivity index (χ1) is 6.24. The van der Waals surface area contributed by atoms with Crippen LogP contribution in [0.15, 0.2) is 18.3 Å². The summed E-state index contributed by atoms with van der Waals surface area (Å²) in [5, 5.41) is 3.01. The van der Waals surface area contributed by atoms with Crippen molar-refractivity contribution >= 4 is 11.8 Å². The lowest BCUT2D eigenvalue weighted by Gasteiger charge is -2.00. The number of nitrogens with zero attached hydrogens (tertiary/aromatic N) is 1. The van der Waals surface area contributed by atoms with E-state index in [1.807, 2.05) is 38.4 Å². The van der Waals surface area contributed by atoms with E-state index in [9.17, 15) is 0 Å². The van der Waals surface area contributed by atoms with Gasteiger partial charge in [-0.15, -0.1) is 0 Å². The summed E-state index contributed by atoms with van der Waals surface area (Å²) < 4.78 is 0. The van der Waals surface area contributed by atoms with Gasteiger partial charge in [0.2, 0.25) is 0 Å². The maximum absolute atomic E-state index is 5.77. The molecule has 70 valence electrons. The first-order valence-electron chi connectivity index (χ1n) is 4.27. The predicted octanol–water partition coefficient (Wildman–Crippen LogP) is 1.20. The van der Waals surface area contributed by atoms with Gasteiger partial charge in [0.05, 0.1) is 11.4 Å². The standard InChI is InChI=1S/C10H15N3/c1-8-6-9(11)10(13-7-8)4-3-5-12-2/h3-4,6-7,12H,5,11H2,1-2H3. The fourth-order valence-corrected chi connectivity index (χ4v) is 1.03. The maximum Gasteiger partial charge on any atom is 0.0856 e. The molecule has 0 aliphatic carbocycles. The number of aromatic nitrogens is 1. The lowest BCUT2D eigenvalue weighted by Crippen LogP contribution is -2.04. The molecule has 0 unspecified atom stereocenters. The number of nitrogens with one attached hydrogen (secondary N) is 1. The summed E-state index contributed by atoms with van der Waals surface area (Å²) in [7, 11) is 1.90. The minimum atomic E-state index is 0.729. The third kappa shape index (κ3) is 2.87. The van der Waals surface area contributed by atoms with Crippen LogP contribution in [0.1, 0.15) is 11.3 Å². The van der Waals surface area contributed by atoms with E-state index in [2.05, 4.69) is 10.3 Å². The molecule has 0 aromatic carbocycles. The third-order valence-electron chi connectivity index (χ3n) is 1.68. The van der Waals surface area contributed by atoms with E-state index in [4.69, 9.17) is 5.73 Å². The van der Waals surface area contributed by atoms with E-state index >= 15 is 0 Å². The van der Waals surface area contributed by atoms with E-state index in [1.54, 1.807) is 0 Å². The highest BCUT2D eigenvalue weighted by molar-refractivity contribution is 5.61. The molecule has 0 aliphatic heterocycles. The second-order valence-electron chi connectivity index (χ2n) is 2.95. The molecule has 1 heterocycles. The Morgan fingerprint density at radius 2 is 2.38 bits per heavy atom. The predicted molar refractivity (Wildman–Crippen MR) is 56.3 cm³/mol. The molecule has 0 radical (unpaired) electrons. The summed E-state index contributed by atoms with van der Waals surface area (Å²) in [6, 6.07) is 1.92. The number of hydrogen-bond acceptors (Lipinski definition) is 3. The second-order valence-corrected chi connectivity index (χ2v) is 2.95. The third-order valence-corrected chi connectivity index (χ3v) is 1.68. The average molecular weight is 177 g/mol. The Kier molecular flexibility index (Phi) is 3.46. The summed E-state index contributed by atoms with van der Waals surface area (Å²) in [4.78, 5) is 4.21. The van der Waals surface area contributed by atoms with E-state index in [0.717, 1.165) is 23.5 Å². The Balaban J connectivity index is 2.77. The minimum absolute atomic E-state index is 0.729. The number of nitrogens with two attached hydrogens (primary N) is 1. The van der Waals surface area contributed by atoms with Gasteiger partial charge in [0.15, 0.2) is 0 Å². The van der Waals surface area contributed by atoms with Gasteiger partial charge in [-0.25, -0.2) is 0 Å². The Morgan fingerprint density at radius 3 is 3.00 bits per heavy atom. The summed E-state index contributed by atoms with van der Waals surface area (Å²) in [5.74, 6) is 0. The van der Waals surface area contributed by atoms with Crippen molar-refractivity contribution in [2.45, 2.75) is 6.92 Å². The van der Waals surface area contributed by atoms with Crippen LogP contribution in [0.5, 0.6) is 0 Å². The molecule has 0 amide bonds. The molecule has 1 rings (SSSR count). The van der Waals surface area contributed by atoms with Gasteiger partial charge in [-0.05, 0) is 31.7 Å². The average Bonchev–Trinajstić information content (AvgIpc) is 2.09. The fourth-order valence-electron chi connectivity index (χ4n) is 1.03. The van der Waals surface area contributed by atoms with Crippen molar-refractivity contribution in [3.05, 3.63) is 29.6 Å². The van der Waals surface area contributed by atoms with Crippen LogP contribution in [0, 0.1) is 6.92 Å². The Morgan fingerprint density at radius 1 is 1.62 bits per heavy atom. The number of rotatable bonds is 3. The minimum Gasteiger partial charge on any atom is -0.397 e. The van der Waals surface area contributed by atoms with Crippen LogP contribution in [0.25, 0.3) is 6.08 Å². The van der Waals surface area contributed by atoms with Gasteiger partial charge in [-0.2, -0.15) is 0 Å². The highest BCUT2D eigenvalue weighted by Gasteiger charge is 1.95. The quantitative estimate of drug-likeness (QED) is 0.729. The maximum atomic E-state index is 5.77. The van der Waals surface area contributed by atoms with Crippen molar-refractivity contribution in [1.82, 2.24) is 10.3 Å². The molecule has 0 aliphatic rings. The zero-order chi connectivity index (χ0) is 9.68. The monoisotopic (exact) mass is 177 g/mol. The molecular weight excluding hydrogens is 162 g/mol. The number of likely N-dealkylation sites (N-methyl/N-ethyl adjacent to an activating group) is 1. The molecule has 0 spiro atoms. The van der Waals surface area contributed by atoms with Crippen LogP contribution in [-0.2, 0) is 0 Å².